The van der Waals surface area contributed by atoms with Gasteiger partial charge in [-0.05, 0) is 73.5 Å². The molecular formula is C24H24N4O4S. The summed E-state index contributed by atoms with van der Waals surface area (Å²) in [5, 5.41) is 15.1. The van der Waals surface area contributed by atoms with E-state index in [-0.39, 0.29) is 11.4 Å². The molecule has 1 amide bonds. The molecule has 1 N–H and O–H groups in total. The van der Waals surface area contributed by atoms with E-state index < -0.39 is 5.91 Å². The van der Waals surface area contributed by atoms with Crippen molar-refractivity contribution < 1.29 is 19.0 Å². The van der Waals surface area contributed by atoms with Crippen LogP contribution in [0.2, 0.25) is 0 Å². The quantitative estimate of drug-likeness (QED) is 0.482. The number of ether oxygens (including phenoxy) is 3. The third-order valence-corrected chi connectivity index (χ3v) is 5.82. The van der Waals surface area contributed by atoms with Gasteiger partial charge < -0.3 is 14.2 Å². The van der Waals surface area contributed by atoms with Gasteiger partial charge >= 0.3 is 0 Å². The number of hydrazone groups is 1. The van der Waals surface area contributed by atoms with E-state index in [4.69, 9.17) is 19.6 Å². The first-order chi connectivity index (χ1) is 15.9. The number of methoxy groups -OCH3 is 1. The molecule has 0 aromatic heterocycles. The van der Waals surface area contributed by atoms with Crippen molar-refractivity contribution in [3.05, 3.63) is 58.7 Å². The van der Waals surface area contributed by atoms with Crippen LogP contribution in [-0.4, -0.2) is 47.3 Å². The molecular weight excluding hydrogens is 440 g/mol. The molecule has 0 saturated heterocycles. The summed E-state index contributed by atoms with van der Waals surface area (Å²) in [5.74, 6) is 1.45. The standard InChI is InChI=1S/C24H24N4O4S/c1-14-5-6-15(2)20(11-14)32-10-9-31-19-8-7-17(13-21(19)30-4)12-18-22(25)28-24(26-23(18)29)33-16(3)27-28/h5-8,11-13,25H,9-10H2,1-4H3/b18-12+,25-22?. The van der Waals surface area contributed by atoms with Crippen LogP contribution in [0.25, 0.3) is 6.08 Å². The molecule has 33 heavy (non-hydrogen) atoms. The van der Waals surface area contributed by atoms with Crippen LogP contribution in [0.15, 0.2) is 52.1 Å². The largest absolute Gasteiger partial charge is 0.493 e. The van der Waals surface area contributed by atoms with E-state index in [0.29, 0.717) is 35.4 Å². The zero-order chi connectivity index (χ0) is 23.5. The summed E-state index contributed by atoms with van der Waals surface area (Å²) < 4.78 is 17.1. The fraction of sp³-hybridized carbons (Fsp3) is 0.250. The Kier molecular flexibility index (Phi) is 6.50. The summed E-state index contributed by atoms with van der Waals surface area (Å²) in [4.78, 5) is 16.5. The highest BCUT2D eigenvalue weighted by Crippen LogP contribution is 2.31. The maximum absolute atomic E-state index is 12.5. The van der Waals surface area contributed by atoms with Gasteiger partial charge in [0.25, 0.3) is 5.91 Å². The number of amidine groups is 2. The summed E-state index contributed by atoms with van der Waals surface area (Å²) >= 11 is 1.27. The summed E-state index contributed by atoms with van der Waals surface area (Å²) in [6.07, 6.45) is 1.61. The highest BCUT2D eigenvalue weighted by molar-refractivity contribution is 8.26. The van der Waals surface area contributed by atoms with Gasteiger partial charge in [-0.25, -0.2) is 0 Å². The van der Waals surface area contributed by atoms with Gasteiger partial charge in [0.2, 0.25) is 5.17 Å². The Bertz CT molecular complexity index is 1220. The average molecular weight is 465 g/mol. The van der Waals surface area contributed by atoms with Crippen LogP contribution < -0.4 is 14.2 Å². The minimum absolute atomic E-state index is 0.00256. The summed E-state index contributed by atoms with van der Waals surface area (Å²) in [5.41, 5.74) is 3.06. The van der Waals surface area contributed by atoms with Crippen LogP contribution in [0.4, 0.5) is 0 Å². The van der Waals surface area contributed by atoms with Crippen LogP contribution in [0.3, 0.4) is 0 Å². The lowest BCUT2D eigenvalue weighted by molar-refractivity contribution is -0.114. The number of hydrogen-bond donors (Lipinski definition) is 1. The number of carbonyl (C=O) groups is 1. The first-order valence-electron chi connectivity index (χ1n) is 10.3. The van der Waals surface area contributed by atoms with Crippen LogP contribution in [0.5, 0.6) is 17.2 Å². The van der Waals surface area contributed by atoms with Crippen molar-refractivity contribution >= 4 is 39.8 Å². The molecule has 0 spiro atoms. The second kappa shape index (κ2) is 9.50. The van der Waals surface area contributed by atoms with Crippen LogP contribution >= 0.6 is 11.8 Å². The van der Waals surface area contributed by atoms with E-state index in [0.717, 1.165) is 21.9 Å². The molecule has 2 aromatic rings. The van der Waals surface area contributed by atoms with Gasteiger partial charge in [0.15, 0.2) is 17.3 Å². The maximum atomic E-state index is 12.5. The van der Waals surface area contributed by atoms with Crippen molar-refractivity contribution in [2.45, 2.75) is 20.8 Å². The minimum atomic E-state index is -0.466. The van der Waals surface area contributed by atoms with Gasteiger partial charge in [-0.15, -0.1) is 0 Å². The van der Waals surface area contributed by atoms with Crippen molar-refractivity contribution in [1.29, 1.82) is 5.41 Å². The van der Waals surface area contributed by atoms with E-state index in [1.54, 1.807) is 31.4 Å². The number of thioether (sulfide) groups is 1. The van der Waals surface area contributed by atoms with Gasteiger partial charge in [0, 0.05) is 0 Å². The lowest BCUT2D eigenvalue weighted by atomic mass is 10.1. The summed E-state index contributed by atoms with van der Waals surface area (Å²) in [6.45, 7) is 6.57. The number of nitrogens with one attached hydrogen (secondary N) is 1. The number of nitrogens with zero attached hydrogens (tertiary/aromatic N) is 3. The zero-order valence-electron chi connectivity index (χ0n) is 18.8. The maximum Gasteiger partial charge on any atom is 0.283 e. The number of rotatable bonds is 7. The average Bonchev–Trinajstić information content (AvgIpc) is 3.17. The Morgan fingerprint density at radius 2 is 1.79 bits per heavy atom. The van der Waals surface area contributed by atoms with E-state index in [2.05, 4.69) is 10.1 Å². The van der Waals surface area contributed by atoms with Crippen molar-refractivity contribution in [2.24, 2.45) is 10.1 Å². The first kappa shape index (κ1) is 22.6. The van der Waals surface area contributed by atoms with E-state index in [9.17, 15) is 4.79 Å². The fourth-order valence-electron chi connectivity index (χ4n) is 3.31. The molecule has 4 rings (SSSR count). The molecule has 2 aliphatic heterocycles. The number of carbonyl (C=O) groups excluding carboxylic acids is 1. The van der Waals surface area contributed by atoms with Crippen molar-refractivity contribution in [3.8, 4) is 17.2 Å². The predicted molar refractivity (Wildman–Crippen MR) is 131 cm³/mol. The lowest BCUT2D eigenvalue weighted by Crippen LogP contribution is -2.35. The molecule has 0 radical (unpaired) electrons. The zero-order valence-corrected chi connectivity index (χ0v) is 19.7. The first-order valence-corrected chi connectivity index (χ1v) is 11.1. The van der Waals surface area contributed by atoms with E-state index in [1.165, 1.54) is 16.8 Å². The molecule has 0 aliphatic carbocycles. The number of aryl methyl sites for hydroxylation is 2. The Labute approximate surface area is 196 Å². The molecule has 2 aromatic carbocycles. The van der Waals surface area contributed by atoms with Crippen molar-refractivity contribution in [2.75, 3.05) is 20.3 Å². The number of benzene rings is 2. The van der Waals surface area contributed by atoms with Crippen LogP contribution in [0.1, 0.15) is 23.6 Å². The van der Waals surface area contributed by atoms with Crippen molar-refractivity contribution in [3.63, 3.8) is 0 Å². The molecule has 0 atom stereocenters. The van der Waals surface area contributed by atoms with Crippen LogP contribution in [-0.2, 0) is 4.79 Å². The van der Waals surface area contributed by atoms with E-state index >= 15 is 0 Å². The Morgan fingerprint density at radius 1 is 1.03 bits per heavy atom. The molecule has 0 unspecified atom stereocenters. The molecule has 0 fully saturated rings. The molecule has 8 nitrogen and oxygen atoms in total. The Hall–Kier alpha value is -3.59. The van der Waals surface area contributed by atoms with Gasteiger partial charge in [0.1, 0.15) is 19.0 Å². The van der Waals surface area contributed by atoms with Gasteiger partial charge in [-0.1, -0.05) is 18.2 Å². The number of fused-ring (bicyclic) bond motifs is 1. The number of aliphatic imine (C=N–C) groups is 1. The topological polar surface area (TPSA) is 96.6 Å². The molecule has 170 valence electrons. The molecule has 2 heterocycles. The van der Waals surface area contributed by atoms with Gasteiger partial charge in [-0.3, -0.25) is 10.2 Å². The fourth-order valence-corrected chi connectivity index (χ4v) is 4.05. The SMILES string of the molecule is COc1cc(/C=C2\C(=N)N3N=C(C)SC3=NC2=O)ccc1OCCOc1cc(C)ccc1C. The van der Waals surface area contributed by atoms with E-state index in [1.807, 2.05) is 39.0 Å². The van der Waals surface area contributed by atoms with Crippen LogP contribution in [0, 0.1) is 19.3 Å². The Morgan fingerprint density at radius 3 is 2.55 bits per heavy atom. The smallest absolute Gasteiger partial charge is 0.283 e. The highest BCUT2D eigenvalue weighted by atomic mass is 32.2. The van der Waals surface area contributed by atoms with Gasteiger partial charge in [-0.2, -0.15) is 15.1 Å². The summed E-state index contributed by atoms with van der Waals surface area (Å²) in [6, 6.07) is 11.4. The summed E-state index contributed by atoms with van der Waals surface area (Å²) in [7, 11) is 1.55. The molecule has 9 heteroatoms. The monoisotopic (exact) mass is 464 g/mol. The molecule has 2 aliphatic rings. The number of amides is 1. The number of hydrogen-bond acceptors (Lipinski definition) is 7. The predicted octanol–water partition coefficient (Wildman–Crippen LogP) is 4.41. The van der Waals surface area contributed by atoms with Crippen molar-refractivity contribution in [1.82, 2.24) is 5.01 Å². The second-order valence-corrected chi connectivity index (χ2v) is 8.68. The van der Waals surface area contributed by atoms with Gasteiger partial charge in [0.05, 0.1) is 17.7 Å². The third kappa shape index (κ3) is 4.93. The Balaban J connectivity index is 1.44. The normalized spacial score (nSPS) is 16.5. The molecule has 0 saturated carbocycles. The third-order valence-electron chi connectivity index (χ3n) is 5.00. The highest BCUT2D eigenvalue weighted by Gasteiger charge is 2.34. The molecule has 0 bridgehead atoms. The minimum Gasteiger partial charge on any atom is -0.493 e. The lowest BCUT2D eigenvalue weighted by Gasteiger charge is -2.20. The second-order valence-electron chi connectivity index (χ2n) is 7.52.